The number of rotatable bonds is 4. The number of aromatic nitrogens is 3. The molecule has 1 amide bonds. The number of alkyl halides is 3. The Bertz CT molecular complexity index is 1090. The monoisotopic (exact) mass is 493 g/mol. The molecule has 0 saturated carbocycles. The molecule has 2 fully saturated rings. The number of aromatic amines is 1. The third kappa shape index (κ3) is 7.16. The fourth-order valence-electron chi connectivity index (χ4n) is 3.74. The number of anilines is 1. The highest BCUT2D eigenvalue weighted by molar-refractivity contribution is 5.73. The van der Waals surface area contributed by atoms with Crippen LogP contribution >= 0.6 is 0 Å². The number of amides is 1. The van der Waals surface area contributed by atoms with Gasteiger partial charge in [0.15, 0.2) is 11.3 Å². The molecule has 35 heavy (non-hydrogen) atoms. The lowest BCUT2D eigenvalue weighted by Crippen LogP contribution is -2.48. The molecule has 0 aliphatic carbocycles. The Balaban J connectivity index is 0.000000196. The Morgan fingerprint density at radius 3 is 2.54 bits per heavy atom. The van der Waals surface area contributed by atoms with Crippen molar-refractivity contribution in [3.63, 3.8) is 0 Å². The normalized spacial score (nSPS) is 17.9. The standard InChI is InChI=1S/C12H14N4O.C10H12F3N3O2/c1-10(17)15-4-6-16(7-5-15)12-3-2-11(8-13)9-14-12;11-10(12,13)8-7(4-15-16-9(8)17)18-5-6-2-1-3-14-6/h2-3,9H,4-7H2,1H3;4,6,14H,1-3,5H2,(H,16,17). The molecule has 2 aromatic heterocycles. The highest BCUT2D eigenvalue weighted by Gasteiger charge is 2.38. The maximum Gasteiger partial charge on any atom is 0.425 e. The number of nitrogens with zero attached hydrogens (tertiary/aromatic N) is 5. The van der Waals surface area contributed by atoms with Crippen molar-refractivity contribution >= 4 is 11.7 Å². The van der Waals surface area contributed by atoms with Gasteiger partial charge in [-0.2, -0.15) is 23.5 Å². The molecule has 0 bridgehead atoms. The van der Waals surface area contributed by atoms with Crippen LogP contribution in [0.2, 0.25) is 0 Å². The first-order chi connectivity index (χ1) is 16.7. The molecule has 10 nitrogen and oxygen atoms in total. The number of piperazine rings is 1. The van der Waals surface area contributed by atoms with Crippen LogP contribution in [0.5, 0.6) is 5.75 Å². The third-order valence-electron chi connectivity index (χ3n) is 5.63. The summed E-state index contributed by atoms with van der Waals surface area (Å²) in [5.74, 6) is 0.463. The van der Waals surface area contributed by atoms with E-state index in [4.69, 9.17) is 10.00 Å². The van der Waals surface area contributed by atoms with Crippen molar-refractivity contribution in [2.24, 2.45) is 0 Å². The van der Waals surface area contributed by atoms with Crippen LogP contribution in [0.25, 0.3) is 0 Å². The zero-order valence-corrected chi connectivity index (χ0v) is 19.1. The van der Waals surface area contributed by atoms with E-state index in [2.05, 4.69) is 20.3 Å². The Hall–Kier alpha value is -3.66. The van der Waals surface area contributed by atoms with Crippen molar-refractivity contribution in [2.75, 3.05) is 44.2 Å². The van der Waals surface area contributed by atoms with E-state index < -0.39 is 23.0 Å². The van der Waals surface area contributed by atoms with E-state index in [9.17, 15) is 22.8 Å². The predicted molar refractivity (Wildman–Crippen MR) is 120 cm³/mol. The van der Waals surface area contributed by atoms with Crippen molar-refractivity contribution in [1.82, 2.24) is 25.4 Å². The molecule has 0 aromatic carbocycles. The second-order valence-electron chi connectivity index (χ2n) is 8.05. The molecule has 2 aromatic rings. The lowest BCUT2D eigenvalue weighted by molar-refractivity contribution is -0.140. The maximum atomic E-state index is 12.7. The molecular weight excluding hydrogens is 467 g/mol. The van der Waals surface area contributed by atoms with Crippen LogP contribution in [0.15, 0.2) is 29.3 Å². The van der Waals surface area contributed by atoms with Gasteiger partial charge in [-0.05, 0) is 31.5 Å². The SMILES string of the molecule is CC(=O)N1CCN(c2ccc(C#N)cn2)CC1.O=c1[nH]ncc(OCC2CCCN2)c1C(F)(F)F. The van der Waals surface area contributed by atoms with Crippen LogP contribution in [0.3, 0.4) is 0 Å². The first-order valence-corrected chi connectivity index (χ1v) is 11.1. The number of pyridine rings is 1. The molecule has 1 atom stereocenters. The summed E-state index contributed by atoms with van der Waals surface area (Å²) < 4.78 is 43.1. The minimum absolute atomic E-state index is 0.0189. The second-order valence-corrected chi connectivity index (χ2v) is 8.05. The van der Waals surface area contributed by atoms with E-state index in [1.807, 2.05) is 17.0 Å². The van der Waals surface area contributed by atoms with Crippen LogP contribution in [-0.2, 0) is 11.0 Å². The van der Waals surface area contributed by atoms with Gasteiger partial charge < -0.3 is 19.9 Å². The first-order valence-electron chi connectivity index (χ1n) is 11.1. The molecule has 0 radical (unpaired) electrons. The Kier molecular flexibility index (Phi) is 8.64. The number of carbonyl (C=O) groups excluding carboxylic acids is 1. The van der Waals surface area contributed by atoms with Gasteiger partial charge in [0, 0.05) is 45.3 Å². The number of halogens is 3. The van der Waals surface area contributed by atoms with Gasteiger partial charge in [0.05, 0.1) is 11.8 Å². The molecule has 4 rings (SSSR count). The van der Waals surface area contributed by atoms with E-state index in [1.54, 1.807) is 24.3 Å². The molecule has 13 heteroatoms. The summed E-state index contributed by atoms with van der Waals surface area (Å²) in [6.45, 7) is 5.56. The number of carbonyl (C=O) groups is 1. The second kappa shape index (κ2) is 11.7. The summed E-state index contributed by atoms with van der Waals surface area (Å²) in [6, 6.07) is 5.68. The van der Waals surface area contributed by atoms with E-state index >= 15 is 0 Å². The van der Waals surface area contributed by atoms with Crippen molar-refractivity contribution in [1.29, 1.82) is 5.26 Å². The Labute approximate surface area is 199 Å². The summed E-state index contributed by atoms with van der Waals surface area (Å²) in [7, 11) is 0. The average molecular weight is 493 g/mol. The molecule has 4 heterocycles. The van der Waals surface area contributed by atoms with Crippen LogP contribution < -0.4 is 20.5 Å². The van der Waals surface area contributed by atoms with Gasteiger partial charge in [-0.1, -0.05) is 0 Å². The van der Waals surface area contributed by atoms with Gasteiger partial charge in [-0.25, -0.2) is 10.1 Å². The van der Waals surface area contributed by atoms with Gasteiger partial charge >= 0.3 is 6.18 Å². The largest absolute Gasteiger partial charge is 0.489 e. The van der Waals surface area contributed by atoms with Crippen LogP contribution in [-0.4, -0.2) is 71.4 Å². The predicted octanol–water partition coefficient (Wildman–Crippen LogP) is 1.54. The van der Waals surface area contributed by atoms with E-state index in [0.717, 1.165) is 57.6 Å². The average Bonchev–Trinajstić information content (AvgIpc) is 3.36. The van der Waals surface area contributed by atoms with Crippen LogP contribution in [0.1, 0.15) is 30.9 Å². The fourth-order valence-corrected chi connectivity index (χ4v) is 3.74. The molecule has 1 unspecified atom stereocenters. The minimum Gasteiger partial charge on any atom is -0.489 e. The number of hydrogen-bond donors (Lipinski definition) is 2. The van der Waals surface area contributed by atoms with Crippen molar-refractivity contribution in [3.8, 4) is 11.8 Å². The summed E-state index contributed by atoms with van der Waals surface area (Å²) in [5.41, 5.74) is -2.06. The topological polar surface area (TPSA) is 127 Å². The zero-order valence-electron chi connectivity index (χ0n) is 19.1. The minimum atomic E-state index is -4.75. The number of nitrogens with one attached hydrogen (secondary N) is 2. The number of hydrogen-bond acceptors (Lipinski definition) is 8. The van der Waals surface area contributed by atoms with Gasteiger partial charge in [-0.3, -0.25) is 9.59 Å². The van der Waals surface area contributed by atoms with Crippen molar-refractivity contribution in [2.45, 2.75) is 32.0 Å². The van der Waals surface area contributed by atoms with E-state index in [0.29, 0.717) is 5.56 Å². The van der Waals surface area contributed by atoms with Crippen LogP contribution in [0, 0.1) is 11.3 Å². The maximum absolute atomic E-state index is 12.7. The first kappa shape index (κ1) is 26.0. The van der Waals surface area contributed by atoms with E-state index in [-0.39, 0.29) is 18.6 Å². The van der Waals surface area contributed by atoms with Gasteiger partial charge in [0.2, 0.25) is 5.91 Å². The van der Waals surface area contributed by atoms with Crippen molar-refractivity contribution < 1.29 is 22.7 Å². The van der Waals surface area contributed by atoms with Crippen LogP contribution in [0.4, 0.5) is 19.0 Å². The van der Waals surface area contributed by atoms with Gasteiger partial charge in [0.25, 0.3) is 5.56 Å². The molecule has 2 N–H and O–H groups in total. The van der Waals surface area contributed by atoms with E-state index in [1.165, 1.54) is 0 Å². The Morgan fingerprint density at radius 2 is 2.00 bits per heavy atom. The smallest absolute Gasteiger partial charge is 0.425 e. The number of nitriles is 1. The molecule has 188 valence electrons. The molecule has 2 aliphatic rings. The van der Waals surface area contributed by atoms with Crippen molar-refractivity contribution in [3.05, 3.63) is 46.0 Å². The number of ether oxygens (including phenoxy) is 1. The fraction of sp³-hybridized carbons (Fsp3) is 0.500. The highest BCUT2D eigenvalue weighted by atomic mass is 19.4. The number of H-pyrrole nitrogens is 1. The molecule has 0 spiro atoms. The summed E-state index contributed by atoms with van der Waals surface area (Å²) in [4.78, 5) is 30.5. The lowest BCUT2D eigenvalue weighted by Gasteiger charge is -2.34. The summed E-state index contributed by atoms with van der Waals surface area (Å²) in [6.07, 6.45) is -0.493. The lowest BCUT2D eigenvalue weighted by atomic mass is 10.2. The quantitative estimate of drug-likeness (QED) is 0.657. The summed E-state index contributed by atoms with van der Waals surface area (Å²) in [5, 5.41) is 16.8. The van der Waals surface area contributed by atoms with Gasteiger partial charge in [0.1, 0.15) is 18.5 Å². The molecular formula is C22H26F3N7O3. The third-order valence-corrected chi connectivity index (χ3v) is 5.63. The Morgan fingerprint density at radius 1 is 1.26 bits per heavy atom. The zero-order chi connectivity index (χ0) is 25.4. The highest BCUT2D eigenvalue weighted by Crippen LogP contribution is 2.32. The summed E-state index contributed by atoms with van der Waals surface area (Å²) >= 11 is 0. The molecule has 2 saturated heterocycles. The molecule has 2 aliphatic heterocycles. The van der Waals surface area contributed by atoms with Gasteiger partial charge in [-0.15, -0.1) is 0 Å².